The first-order valence-electron chi connectivity index (χ1n) is 6.75. The lowest BCUT2D eigenvalue weighted by Crippen LogP contribution is -2.20. The number of carbonyl (C=O) groups is 1. The van der Waals surface area contributed by atoms with Gasteiger partial charge in [-0.2, -0.15) is 13.2 Å². The van der Waals surface area contributed by atoms with Crippen LogP contribution < -0.4 is 5.76 Å². The topological polar surface area (TPSA) is 52.2 Å². The van der Waals surface area contributed by atoms with Crippen molar-refractivity contribution >= 4 is 28.5 Å². The molecular formula is C16H9ClF3NO3. The molecule has 0 bridgehead atoms. The molecule has 0 saturated carbocycles. The number of carbonyl (C=O) groups excluding carboxylic acids is 1. The number of benzene rings is 2. The third-order valence-electron chi connectivity index (χ3n) is 3.47. The van der Waals surface area contributed by atoms with Crippen molar-refractivity contribution in [3.8, 4) is 0 Å². The van der Waals surface area contributed by atoms with E-state index in [1.165, 1.54) is 18.2 Å². The molecule has 0 spiro atoms. The van der Waals surface area contributed by atoms with Crippen molar-refractivity contribution in [1.82, 2.24) is 4.57 Å². The highest BCUT2D eigenvalue weighted by Gasteiger charge is 2.30. The first kappa shape index (κ1) is 16.3. The fourth-order valence-corrected chi connectivity index (χ4v) is 2.43. The second-order valence-corrected chi connectivity index (χ2v) is 5.50. The minimum Gasteiger partial charge on any atom is -0.408 e. The first-order valence-corrected chi connectivity index (χ1v) is 7.13. The monoisotopic (exact) mass is 355 g/mol. The summed E-state index contributed by atoms with van der Waals surface area (Å²) in [6.45, 7) is -0.364. The van der Waals surface area contributed by atoms with E-state index in [0.717, 1.165) is 28.8 Å². The Labute approximate surface area is 138 Å². The van der Waals surface area contributed by atoms with Crippen molar-refractivity contribution in [2.24, 2.45) is 0 Å². The summed E-state index contributed by atoms with van der Waals surface area (Å²) in [5.41, 5.74) is -0.180. The summed E-state index contributed by atoms with van der Waals surface area (Å²) in [6, 6.07) is 8.30. The third-order valence-corrected chi connectivity index (χ3v) is 3.70. The Morgan fingerprint density at radius 3 is 2.42 bits per heavy atom. The summed E-state index contributed by atoms with van der Waals surface area (Å²) in [6.07, 6.45) is -4.48. The molecule has 3 aromatic rings. The lowest BCUT2D eigenvalue weighted by atomic mass is 10.1. The number of halogens is 4. The second-order valence-electron chi connectivity index (χ2n) is 5.06. The molecule has 1 heterocycles. The summed E-state index contributed by atoms with van der Waals surface area (Å²) >= 11 is 5.87. The number of rotatable bonds is 3. The number of ketones is 1. The molecule has 3 rings (SSSR count). The van der Waals surface area contributed by atoms with E-state index in [4.69, 9.17) is 16.0 Å². The first-order chi connectivity index (χ1) is 11.3. The van der Waals surface area contributed by atoms with Crippen LogP contribution in [-0.4, -0.2) is 10.4 Å². The molecule has 1 aromatic heterocycles. The Morgan fingerprint density at radius 2 is 1.79 bits per heavy atom. The van der Waals surface area contributed by atoms with Crippen LogP contribution in [0.4, 0.5) is 13.2 Å². The molecule has 124 valence electrons. The van der Waals surface area contributed by atoms with Crippen LogP contribution in [0.1, 0.15) is 15.9 Å². The van der Waals surface area contributed by atoms with Gasteiger partial charge in [0.15, 0.2) is 11.4 Å². The van der Waals surface area contributed by atoms with E-state index >= 15 is 0 Å². The highest BCUT2D eigenvalue weighted by molar-refractivity contribution is 6.31. The van der Waals surface area contributed by atoms with Gasteiger partial charge < -0.3 is 4.42 Å². The lowest BCUT2D eigenvalue weighted by Gasteiger charge is -2.07. The fraction of sp³-hybridized carbons (Fsp3) is 0.125. The van der Waals surface area contributed by atoms with E-state index in [-0.39, 0.29) is 17.7 Å². The minimum absolute atomic E-state index is 0.0614. The average Bonchev–Trinajstić information content (AvgIpc) is 2.82. The molecule has 24 heavy (non-hydrogen) atoms. The van der Waals surface area contributed by atoms with Crippen molar-refractivity contribution in [2.45, 2.75) is 12.7 Å². The third kappa shape index (κ3) is 3.07. The molecule has 0 unspecified atom stereocenters. The van der Waals surface area contributed by atoms with Crippen LogP contribution >= 0.6 is 11.6 Å². The Bertz CT molecular complexity index is 971. The van der Waals surface area contributed by atoms with E-state index in [0.29, 0.717) is 10.5 Å². The van der Waals surface area contributed by atoms with Crippen LogP contribution in [0.3, 0.4) is 0 Å². The predicted octanol–water partition coefficient (Wildman–Crippen LogP) is 4.15. The van der Waals surface area contributed by atoms with E-state index < -0.39 is 23.3 Å². The van der Waals surface area contributed by atoms with Gasteiger partial charge in [-0.3, -0.25) is 9.36 Å². The molecule has 0 amide bonds. The summed E-state index contributed by atoms with van der Waals surface area (Å²) in [5.74, 6) is -1.26. The maximum Gasteiger partial charge on any atom is 0.420 e. The lowest BCUT2D eigenvalue weighted by molar-refractivity contribution is -0.137. The van der Waals surface area contributed by atoms with Crippen LogP contribution in [0.2, 0.25) is 5.02 Å². The molecular weight excluding hydrogens is 347 g/mol. The van der Waals surface area contributed by atoms with Gasteiger partial charge in [0.2, 0.25) is 0 Å². The highest BCUT2D eigenvalue weighted by Crippen LogP contribution is 2.29. The Balaban J connectivity index is 1.91. The van der Waals surface area contributed by atoms with Gasteiger partial charge in [-0.05, 0) is 30.3 Å². The summed E-state index contributed by atoms with van der Waals surface area (Å²) in [4.78, 5) is 24.1. The molecule has 0 radical (unpaired) electrons. The van der Waals surface area contributed by atoms with Crippen molar-refractivity contribution in [3.63, 3.8) is 0 Å². The van der Waals surface area contributed by atoms with Gasteiger partial charge in [0.25, 0.3) is 0 Å². The zero-order valence-electron chi connectivity index (χ0n) is 11.9. The van der Waals surface area contributed by atoms with Crippen LogP contribution in [0.5, 0.6) is 0 Å². The largest absolute Gasteiger partial charge is 0.420 e. The average molecular weight is 356 g/mol. The summed E-state index contributed by atoms with van der Waals surface area (Å²) in [7, 11) is 0. The quantitative estimate of drug-likeness (QED) is 0.663. The molecule has 8 heteroatoms. The molecule has 0 aliphatic carbocycles. The molecule has 0 aliphatic heterocycles. The normalized spacial score (nSPS) is 11.8. The molecule has 0 N–H and O–H groups in total. The Hall–Kier alpha value is -2.54. The Kier molecular flexibility index (Phi) is 3.96. The van der Waals surface area contributed by atoms with E-state index in [1.807, 2.05) is 0 Å². The molecule has 2 aromatic carbocycles. The van der Waals surface area contributed by atoms with Crippen molar-refractivity contribution in [3.05, 3.63) is 69.2 Å². The van der Waals surface area contributed by atoms with Crippen LogP contribution in [0.15, 0.2) is 51.7 Å². The molecule has 0 saturated heterocycles. The fourth-order valence-electron chi connectivity index (χ4n) is 2.26. The van der Waals surface area contributed by atoms with Gasteiger partial charge >= 0.3 is 11.9 Å². The van der Waals surface area contributed by atoms with Crippen molar-refractivity contribution < 1.29 is 22.4 Å². The summed E-state index contributed by atoms with van der Waals surface area (Å²) in [5, 5.41) is 0.360. The highest BCUT2D eigenvalue weighted by atomic mass is 35.5. The van der Waals surface area contributed by atoms with E-state index in [1.54, 1.807) is 0 Å². The number of aromatic nitrogens is 1. The van der Waals surface area contributed by atoms with E-state index in [9.17, 15) is 22.8 Å². The van der Waals surface area contributed by atoms with Gasteiger partial charge in [0, 0.05) is 10.6 Å². The zero-order chi connectivity index (χ0) is 17.5. The number of hydrogen-bond acceptors (Lipinski definition) is 3. The number of nitrogens with zero attached hydrogens (tertiary/aromatic N) is 1. The SMILES string of the molecule is O=C(Cn1c(=O)oc2ccc(Cl)cc21)c1ccc(C(F)(F)F)cc1. The minimum atomic E-state index is -4.48. The van der Waals surface area contributed by atoms with Gasteiger partial charge in [0.1, 0.15) is 0 Å². The van der Waals surface area contributed by atoms with Crippen molar-refractivity contribution in [2.75, 3.05) is 0 Å². The zero-order valence-corrected chi connectivity index (χ0v) is 12.7. The van der Waals surface area contributed by atoms with Crippen molar-refractivity contribution in [1.29, 1.82) is 0 Å². The van der Waals surface area contributed by atoms with Gasteiger partial charge in [-0.25, -0.2) is 4.79 Å². The maximum absolute atomic E-state index is 12.5. The van der Waals surface area contributed by atoms with Gasteiger partial charge in [-0.1, -0.05) is 23.7 Å². The van der Waals surface area contributed by atoms with Crippen LogP contribution in [0, 0.1) is 0 Å². The molecule has 0 aliphatic rings. The smallest absolute Gasteiger partial charge is 0.408 e. The standard InChI is InChI=1S/C16H9ClF3NO3/c17-11-5-6-14-12(7-11)21(15(23)24-14)8-13(22)9-1-3-10(4-2-9)16(18,19)20/h1-7H,8H2. The molecule has 0 atom stereocenters. The maximum atomic E-state index is 12.5. The number of hydrogen-bond donors (Lipinski definition) is 0. The number of alkyl halides is 3. The number of fused-ring (bicyclic) bond motifs is 1. The Morgan fingerprint density at radius 1 is 1.12 bits per heavy atom. The van der Waals surface area contributed by atoms with Crippen LogP contribution in [0.25, 0.3) is 11.1 Å². The predicted molar refractivity (Wildman–Crippen MR) is 81.3 cm³/mol. The van der Waals surface area contributed by atoms with Gasteiger partial charge in [0.05, 0.1) is 17.6 Å². The van der Waals surface area contributed by atoms with Gasteiger partial charge in [-0.15, -0.1) is 0 Å². The van der Waals surface area contributed by atoms with E-state index in [2.05, 4.69) is 0 Å². The number of oxazole rings is 1. The molecule has 4 nitrogen and oxygen atoms in total. The van der Waals surface area contributed by atoms with Crippen LogP contribution in [-0.2, 0) is 12.7 Å². The second kappa shape index (κ2) is 5.83. The molecule has 0 fully saturated rings. The summed E-state index contributed by atoms with van der Waals surface area (Å²) < 4.78 is 43.7. The number of Topliss-reactive ketones (excluding diaryl/α,β-unsaturated/α-hetero) is 1.